The summed E-state index contributed by atoms with van der Waals surface area (Å²) in [6, 6.07) is 0. The van der Waals surface area contributed by atoms with Crippen molar-refractivity contribution in [2.75, 3.05) is 6.61 Å². The average Bonchev–Trinajstić information content (AvgIpc) is 2.35. The van der Waals surface area contributed by atoms with Gasteiger partial charge in [-0.15, -0.1) is 0 Å². The zero-order valence-electron chi connectivity index (χ0n) is 6.24. The summed E-state index contributed by atoms with van der Waals surface area (Å²) >= 11 is 0. The topological polar surface area (TPSA) is 75.7 Å². The van der Waals surface area contributed by atoms with Crippen LogP contribution >= 0.6 is 0 Å². The van der Waals surface area contributed by atoms with E-state index in [0.29, 0.717) is 0 Å². The van der Waals surface area contributed by atoms with Crippen molar-refractivity contribution < 1.29 is 24.2 Å². The lowest BCUT2D eigenvalue weighted by Crippen LogP contribution is -2.26. The number of rotatable bonds is 3. The first-order valence-corrected chi connectivity index (χ1v) is 3.32. The Balaban J connectivity index is 2.37. The van der Waals surface area contributed by atoms with Gasteiger partial charge >= 0.3 is 6.16 Å². The van der Waals surface area contributed by atoms with Crippen LogP contribution in [0.15, 0.2) is 12.2 Å². The maximum Gasteiger partial charge on any atom is 0.508 e. The van der Waals surface area contributed by atoms with E-state index < -0.39 is 18.2 Å². The van der Waals surface area contributed by atoms with Crippen LogP contribution in [0.2, 0.25) is 0 Å². The lowest BCUT2D eigenvalue weighted by molar-refractivity contribution is -0.299. The van der Waals surface area contributed by atoms with Crippen LogP contribution < -0.4 is 5.11 Å². The lowest BCUT2D eigenvalue weighted by Gasteiger charge is -2.08. The van der Waals surface area contributed by atoms with Gasteiger partial charge in [-0.25, -0.2) is 4.79 Å². The minimum absolute atomic E-state index is 0.0497. The summed E-state index contributed by atoms with van der Waals surface area (Å²) in [7, 11) is 0. The van der Waals surface area contributed by atoms with E-state index in [4.69, 9.17) is 0 Å². The molecular weight excluding hydrogens is 164 g/mol. The highest BCUT2D eigenvalue weighted by atomic mass is 16.8. The molecule has 1 aliphatic heterocycles. The fourth-order valence-corrected chi connectivity index (χ4v) is 0.824. The van der Waals surface area contributed by atoms with Crippen molar-refractivity contribution in [3.05, 3.63) is 12.2 Å². The Morgan fingerprint density at radius 1 is 1.75 bits per heavy atom. The first kappa shape index (κ1) is 8.58. The SMILES string of the molecule is C=C(CC1COC(=O)O1)C(=O)[O-]. The van der Waals surface area contributed by atoms with Crippen LogP contribution in [-0.2, 0) is 14.3 Å². The molecule has 66 valence electrons. The number of cyclic esters (lactones) is 2. The molecule has 5 nitrogen and oxygen atoms in total. The zero-order valence-corrected chi connectivity index (χ0v) is 6.24. The number of carboxylic acid groups (broad SMARTS) is 1. The molecule has 0 bridgehead atoms. The number of ether oxygens (including phenoxy) is 2. The van der Waals surface area contributed by atoms with Crippen LogP contribution in [0, 0.1) is 0 Å². The molecular formula is C7H7O5-. The van der Waals surface area contributed by atoms with Crippen LogP contribution in [-0.4, -0.2) is 24.8 Å². The second-order valence-corrected chi connectivity index (χ2v) is 2.40. The number of carboxylic acids is 1. The van der Waals surface area contributed by atoms with Gasteiger partial charge in [-0.2, -0.15) is 0 Å². The molecule has 0 aromatic carbocycles. The fourth-order valence-electron chi connectivity index (χ4n) is 0.824. The van der Waals surface area contributed by atoms with E-state index in [-0.39, 0.29) is 18.6 Å². The molecule has 0 amide bonds. The van der Waals surface area contributed by atoms with Crippen molar-refractivity contribution in [2.24, 2.45) is 0 Å². The van der Waals surface area contributed by atoms with E-state index in [1.54, 1.807) is 0 Å². The fraction of sp³-hybridized carbons (Fsp3) is 0.429. The van der Waals surface area contributed by atoms with Gasteiger partial charge in [0.05, 0.1) is 5.97 Å². The van der Waals surface area contributed by atoms with Crippen LogP contribution in [0.4, 0.5) is 4.79 Å². The van der Waals surface area contributed by atoms with Gasteiger partial charge < -0.3 is 19.4 Å². The normalized spacial score (nSPS) is 21.3. The van der Waals surface area contributed by atoms with Crippen molar-refractivity contribution in [1.29, 1.82) is 0 Å². The molecule has 0 radical (unpaired) electrons. The third-order valence-corrected chi connectivity index (χ3v) is 1.41. The molecule has 1 saturated heterocycles. The number of aliphatic carboxylic acids is 1. The zero-order chi connectivity index (χ0) is 9.14. The maximum absolute atomic E-state index is 10.4. The van der Waals surface area contributed by atoms with Gasteiger partial charge in [0.1, 0.15) is 12.7 Å². The quantitative estimate of drug-likeness (QED) is 0.411. The molecule has 0 spiro atoms. The third kappa shape index (κ3) is 1.98. The average molecular weight is 171 g/mol. The summed E-state index contributed by atoms with van der Waals surface area (Å²) < 4.78 is 9.00. The Labute approximate surface area is 68.6 Å². The molecule has 1 fully saturated rings. The van der Waals surface area contributed by atoms with Crippen molar-refractivity contribution in [2.45, 2.75) is 12.5 Å². The Morgan fingerprint density at radius 2 is 2.42 bits per heavy atom. The number of carbonyl (C=O) groups is 2. The number of hydrogen-bond acceptors (Lipinski definition) is 5. The number of hydrogen-bond donors (Lipinski definition) is 0. The van der Waals surface area contributed by atoms with Crippen molar-refractivity contribution >= 4 is 12.1 Å². The van der Waals surface area contributed by atoms with E-state index in [9.17, 15) is 14.7 Å². The Bertz CT molecular complexity index is 232. The van der Waals surface area contributed by atoms with Gasteiger partial charge in [0.15, 0.2) is 0 Å². The van der Waals surface area contributed by atoms with Gasteiger partial charge in [0.25, 0.3) is 0 Å². The smallest absolute Gasteiger partial charge is 0.508 e. The van der Waals surface area contributed by atoms with E-state index in [1.807, 2.05) is 0 Å². The van der Waals surface area contributed by atoms with E-state index in [1.165, 1.54) is 0 Å². The molecule has 1 heterocycles. The van der Waals surface area contributed by atoms with E-state index in [0.717, 1.165) is 0 Å². The highest BCUT2D eigenvalue weighted by Crippen LogP contribution is 2.13. The molecule has 1 unspecified atom stereocenters. The molecule has 1 rings (SSSR count). The van der Waals surface area contributed by atoms with Crippen molar-refractivity contribution in [3.63, 3.8) is 0 Å². The molecule has 0 N–H and O–H groups in total. The minimum atomic E-state index is -1.34. The Kier molecular flexibility index (Phi) is 2.32. The molecule has 0 saturated carbocycles. The Morgan fingerprint density at radius 3 is 2.83 bits per heavy atom. The molecule has 0 aromatic heterocycles. The van der Waals surface area contributed by atoms with Crippen LogP contribution in [0.3, 0.4) is 0 Å². The van der Waals surface area contributed by atoms with Crippen LogP contribution in [0.1, 0.15) is 6.42 Å². The van der Waals surface area contributed by atoms with Crippen LogP contribution in [0.5, 0.6) is 0 Å². The summed E-state index contributed by atoms with van der Waals surface area (Å²) in [5.41, 5.74) is -0.0988. The summed E-state index contributed by atoms with van der Waals surface area (Å²) in [5, 5.41) is 10.2. The summed E-state index contributed by atoms with van der Waals surface area (Å²) in [6.45, 7) is 3.31. The highest BCUT2D eigenvalue weighted by Gasteiger charge is 2.25. The van der Waals surface area contributed by atoms with Gasteiger partial charge in [0, 0.05) is 6.42 Å². The molecule has 1 aliphatic rings. The summed E-state index contributed by atoms with van der Waals surface area (Å²) in [4.78, 5) is 20.5. The lowest BCUT2D eigenvalue weighted by atomic mass is 10.1. The Hall–Kier alpha value is -1.52. The van der Waals surface area contributed by atoms with Gasteiger partial charge in [0.2, 0.25) is 0 Å². The second kappa shape index (κ2) is 3.25. The molecule has 0 aliphatic carbocycles. The van der Waals surface area contributed by atoms with Crippen molar-refractivity contribution in [3.8, 4) is 0 Å². The van der Waals surface area contributed by atoms with Crippen molar-refractivity contribution in [1.82, 2.24) is 0 Å². The van der Waals surface area contributed by atoms with E-state index in [2.05, 4.69) is 16.1 Å². The minimum Gasteiger partial charge on any atom is -0.545 e. The van der Waals surface area contributed by atoms with Gasteiger partial charge in [-0.05, 0) is 5.57 Å². The second-order valence-electron chi connectivity index (χ2n) is 2.40. The molecule has 5 heteroatoms. The molecule has 0 aromatic rings. The predicted molar refractivity (Wildman–Crippen MR) is 35.0 cm³/mol. The standard InChI is InChI=1S/C7H8O5/c1-4(6(8)9)2-5-3-11-7(10)12-5/h5H,1-3H2,(H,8,9)/p-1. The summed E-state index contributed by atoms with van der Waals surface area (Å²) in [5.74, 6) is -1.34. The first-order valence-electron chi connectivity index (χ1n) is 3.32. The first-order chi connectivity index (χ1) is 5.59. The number of carbonyl (C=O) groups excluding carboxylic acids is 2. The summed E-state index contributed by atoms with van der Waals surface area (Å²) in [6.07, 6.45) is -1.26. The van der Waals surface area contributed by atoms with Gasteiger partial charge in [-0.1, -0.05) is 6.58 Å². The monoisotopic (exact) mass is 171 g/mol. The predicted octanol–water partition coefficient (Wildman–Crippen LogP) is -0.782. The highest BCUT2D eigenvalue weighted by molar-refractivity contribution is 5.83. The van der Waals surface area contributed by atoms with Crippen LogP contribution in [0.25, 0.3) is 0 Å². The van der Waals surface area contributed by atoms with E-state index >= 15 is 0 Å². The van der Waals surface area contributed by atoms with Gasteiger partial charge in [-0.3, -0.25) is 0 Å². The largest absolute Gasteiger partial charge is 0.545 e. The maximum atomic E-state index is 10.4. The third-order valence-electron chi connectivity index (χ3n) is 1.41. The molecule has 1 atom stereocenters. The molecule has 12 heavy (non-hydrogen) atoms.